The molecule has 0 radical (unpaired) electrons. The van der Waals surface area contributed by atoms with Crippen molar-refractivity contribution in [3.8, 4) is 0 Å². The molecule has 0 amide bonds. The third-order valence-electron chi connectivity index (χ3n) is 2.05. The van der Waals surface area contributed by atoms with Gasteiger partial charge in [0.2, 0.25) is 0 Å². The second-order valence-electron chi connectivity index (χ2n) is 3.40. The molecule has 0 fully saturated rings. The molecule has 0 aliphatic heterocycles. The Kier molecular flexibility index (Phi) is 6.48. The smallest absolute Gasteiger partial charge is 0.0587 e. The topological polar surface area (TPSA) is 21.3 Å². The monoisotopic (exact) mass is 225 g/mol. The summed E-state index contributed by atoms with van der Waals surface area (Å²) in [4.78, 5) is 1.34. The van der Waals surface area contributed by atoms with Crippen molar-refractivity contribution in [1.82, 2.24) is 5.32 Å². The van der Waals surface area contributed by atoms with E-state index in [-0.39, 0.29) is 0 Å². The van der Waals surface area contributed by atoms with Gasteiger partial charge < -0.3 is 10.1 Å². The van der Waals surface area contributed by atoms with E-state index in [0.717, 1.165) is 25.4 Å². The summed E-state index contributed by atoms with van der Waals surface area (Å²) in [6, 6.07) is 8.66. The van der Waals surface area contributed by atoms with Crippen molar-refractivity contribution in [3.05, 3.63) is 29.8 Å². The number of hydrogen-bond donors (Lipinski definition) is 1. The highest BCUT2D eigenvalue weighted by Crippen LogP contribution is 2.17. The molecule has 0 unspecified atom stereocenters. The maximum absolute atomic E-state index is 4.95. The molecule has 0 spiro atoms. The Bertz CT molecular complexity index is 261. The predicted molar refractivity (Wildman–Crippen MR) is 66.6 cm³/mol. The minimum atomic E-state index is 0.787. The fourth-order valence-electron chi connectivity index (χ4n) is 1.17. The van der Waals surface area contributed by atoms with E-state index in [1.54, 1.807) is 7.11 Å². The molecular formula is C12H19NOS. The van der Waals surface area contributed by atoms with Crippen LogP contribution in [0, 0.1) is 6.92 Å². The van der Waals surface area contributed by atoms with Crippen molar-refractivity contribution in [2.24, 2.45) is 0 Å². The summed E-state index contributed by atoms with van der Waals surface area (Å²) in [5.74, 6) is 1.10. The van der Waals surface area contributed by atoms with Gasteiger partial charge in [-0.15, -0.1) is 11.8 Å². The van der Waals surface area contributed by atoms with Crippen molar-refractivity contribution in [1.29, 1.82) is 0 Å². The highest BCUT2D eigenvalue weighted by atomic mass is 32.2. The van der Waals surface area contributed by atoms with Crippen molar-refractivity contribution >= 4 is 11.8 Å². The summed E-state index contributed by atoms with van der Waals surface area (Å²) in [5, 5.41) is 3.32. The van der Waals surface area contributed by atoms with Crippen LogP contribution in [0.25, 0.3) is 0 Å². The van der Waals surface area contributed by atoms with E-state index >= 15 is 0 Å². The molecule has 0 saturated carbocycles. The second kappa shape index (κ2) is 7.74. The zero-order chi connectivity index (χ0) is 10.9. The number of ether oxygens (including phenoxy) is 1. The Balaban J connectivity index is 2.07. The van der Waals surface area contributed by atoms with Gasteiger partial charge in [0.15, 0.2) is 0 Å². The van der Waals surface area contributed by atoms with Crippen molar-refractivity contribution in [2.45, 2.75) is 11.8 Å². The first-order valence-electron chi connectivity index (χ1n) is 5.22. The van der Waals surface area contributed by atoms with E-state index in [1.165, 1.54) is 10.5 Å². The highest BCUT2D eigenvalue weighted by molar-refractivity contribution is 7.99. The van der Waals surface area contributed by atoms with E-state index < -0.39 is 0 Å². The molecule has 3 heteroatoms. The first-order valence-corrected chi connectivity index (χ1v) is 6.20. The molecular weight excluding hydrogens is 206 g/mol. The molecule has 84 valence electrons. The van der Waals surface area contributed by atoms with E-state index in [4.69, 9.17) is 4.74 Å². The van der Waals surface area contributed by atoms with Gasteiger partial charge in [0.05, 0.1) is 6.61 Å². The lowest BCUT2D eigenvalue weighted by atomic mass is 10.2. The van der Waals surface area contributed by atoms with Crippen LogP contribution in [0.2, 0.25) is 0 Å². The lowest BCUT2D eigenvalue weighted by Crippen LogP contribution is -2.21. The van der Waals surface area contributed by atoms with Crippen LogP contribution in [0.4, 0.5) is 0 Å². The number of methoxy groups -OCH3 is 1. The normalized spacial score (nSPS) is 10.5. The van der Waals surface area contributed by atoms with Gasteiger partial charge in [0.1, 0.15) is 0 Å². The van der Waals surface area contributed by atoms with E-state index in [2.05, 4.69) is 36.5 Å². The summed E-state index contributed by atoms with van der Waals surface area (Å²) in [5.41, 5.74) is 1.32. The number of rotatable bonds is 7. The quantitative estimate of drug-likeness (QED) is 0.568. The number of nitrogens with one attached hydrogen (secondary N) is 1. The molecule has 1 rings (SSSR count). The Labute approximate surface area is 96.4 Å². The molecule has 0 aliphatic rings. The zero-order valence-corrected chi connectivity index (χ0v) is 10.3. The summed E-state index contributed by atoms with van der Waals surface area (Å²) in [7, 11) is 1.72. The molecule has 2 nitrogen and oxygen atoms in total. The average molecular weight is 225 g/mol. The third kappa shape index (κ3) is 5.82. The summed E-state index contributed by atoms with van der Waals surface area (Å²) in [6.07, 6.45) is 0. The average Bonchev–Trinajstić information content (AvgIpc) is 2.26. The van der Waals surface area contributed by atoms with Crippen LogP contribution in [-0.2, 0) is 4.74 Å². The maximum atomic E-state index is 4.95. The van der Waals surface area contributed by atoms with Gasteiger partial charge in [0.25, 0.3) is 0 Å². The first kappa shape index (κ1) is 12.6. The van der Waals surface area contributed by atoms with Crippen LogP contribution in [-0.4, -0.2) is 32.6 Å². The van der Waals surface area contributed by atoms with E-state index in [1.807, 2.05) is 11.8 Å². The molecule has 0 bridgehead atoms. The van der Waals surface area contributed by atoms with Crippen molar-refractivity contribution in [2.75, 3.05) is 32.6 Å². The minimum absolute atomic E-state index is 0.787. The maximum Gasteiger partial charge on any atom is 0.0587 e. The number of aryl methyl sites for hydroxylation is 1. The fraction of sp³-hybridized carbons (Fsp3) is 0.500. The van der Waals surface area contributed by atoms with Gasteiger partial charge in [-0.25, -0.2) is 0 Å². The molecule has 0 atom stereocenters. The van der Waals surface area contributed by atoms with Crippen LogP contribution in [0.3, 0.4) is 0 Å². The Hall–Kier alpha value is -0.510. The largest absolute Gasteiger partial charge is 0.383 e. The standard InChI is InChI=1S/C12H19NOS/c1-11-3-5-12(6-4-11)15-10-8-13-7-9-14-2/h3-6,13H,7-10H2,1-2H3. The molecule has 15 heavy (non-hydrogen) atoms. The SMILES string of the molecule is COCCNCCSc1ccc(C)cc1. The lowest BCUT2D eigenvalue weighted by Gasteiger charge is -2.04. The van der Waals surface area contributed by atoms with Crippen LogP contribution in [0.15, 0.2) is 29.2 Å². The zero-order valence-electron chi connectivity index (χ0n) is 9.45. The Morgan fingerprint density at radius 3 is 2.60 bits per heavy atom. The predicted octanol–water partition coefficient (Wildman–Crippen LogP) is 2.32. The van der Waals surface area contributed by atoms with Gasteiger partial charge in [0, 0.05) is 30.8 Å². The Morgan fingerprint density at radius 1 is 1.20 bits per heavy atom. The molecule has 0 saturated heterocycles. The van der Waals surface area contributed by atoms with E-state index in [0.29, 0.717) is 0 Å². The summed E-state index contributed by atoms with van der Waals surface area (Å²) >= 11 is 1.88. The fourth-order valence-corrected chi connectivity index (χ4v) is 1.99. The highest BCUT2D eigenvalue weighted by Gasteiger charge is 1.93. The second-order valence-corrected chi connectivity index (χ2v) is 4.57. The number of thioether (sulfide) groups is 1. The molecule has 0 aliphatic carbocycles. The molecule has 1 aromatic rings. The minimum Gasteiger partial charge on any atom is -0.383 e. The van der Waals surface area contributed by atoms with Crippen LogP contribution in [0.1, 0.15) is 5.56 Å². The van der Waals surface area contributed by atoms with Gasteiger partial charge >= 0.3 is 0 Å². The van der Waals surface area contributed by atoms with Gasteiger partial charge in [-0.3, -0.25) is 0 Å². The first-order chi connectivity index (χ1) is 7.33. The van der Waals surface area contributed by atoms with Gasteiger partial charge in [-0.05, 0) is 19.1 Å². The van der Waals surface area contributed by atoms with Crippen LogP contribution >= 0.6 is 11.8 Å². The van der Waals surface area contributed by atoms with Gasteiger partial charge in [-0.1, -0.05) is 17.7 Å². The number of benzene rings is 1. The van der Waals surface area contributed by atoms with Crippen molar-refractivity contribution in [3.63, 3.8) is 0 Å². The summed E-state index contributed by atoms with van der Waals surface area (Å²) < 4.78 is 4.95. The number of hydrogen-bond acceptors (Lipinski definition) is 3. The molecule has 0 heterocycles. The van der Waals surface area contributed by atoms with Crippen molar-refractivity contribution < 1.29 is 4.74 Å². The Morgan fingerprint density at radius 2 is 1.93 bits per heavy atom. The van der Waals surface area contributed by atoms with Crippen LogP contribution in [0.5, 0.6) is 0 Å². The molecule has 1 aromatic carbocycles. The van der Waals surface area contributed by atoms with E-state index in [9.17, 15) is 0 Å². The van der Waals surface area contributed by atoms with Crippen LogP contribution < -0.4 is 5.32 Å². The molecule has 1 N–H and O–H groups in total. The van der Waals surface area contributed by atoms with Gasteiger partial charge in [-0.2, -0.15) is 0 Å². The summed E-state index contributed by atoms with van der Waals surface area (Å²) in [6.45, 7) is 4.86. The third-order valence-corrected chi connectivity index (χ3v) is 3.07. The molecule has 0 aromatic heterocycles. The lowest BCUT2D eigenvalue weighted by molar-refractivity contribution is 0.200.